The van der Waals surface area contributed by atoms with E-state index in [9.17, 15) is 15.2 Å². The van der Waals surface area contributed by atoms with Gasteiger partial charge in [-0.3, -0.25) is 10.1 Å². The van der Waals surface area contributed by atoms with Crippen LogP contribution in [-0.4, -0.2) is 54.5 Å². The summed E-state index contributed by atoms with van der Waals surface area (Å²) in [5.41, 5.74) is 0.794. The summed E-state index contributed by atoms with van der Waals surface area (Å²) in [6.07, 6.45) is -4.59. The second-order valence-corrected chi connectivity index (χ2v) is 6.78. The number of hydrogen-bond acceptors (Lipinski definition) is 8. The molecule has 2 aliphatic heterocycles. The molecule has 0 spiro atoms. The SMILES string of the molecule is CO[C@H]1[C@@H](Oc2ccc([N+](=O)[O-])cc2)O[C@@H]2COC(c3ccccc3)O[C@@H]2[C@@H]1O. The number of non-ortho nitro benzene ring substituents is 1. The Bertz CT molecular complexity index is 830. The quantitative estimate of drug-likeness (QED) is 0.598. The molecule has 29 heavy (non-hydrogen) atoms. The third-order valence-electron chi connectivity index (χ3n) is 4.95. The molecule has 2 aliphatic rings. The first-order valence-electron chi connectivity index (χ1n) is 9.16. The van der Waals surface area contributed by atoms with Crippen LogP contribution in [0, 0.1) is 10.1 Å². The van der Waals surface area contributed by atoms with Crippen molar-refractivity contribution in [1.82, 2.24) is 0 Å². The molecule has 0 bridgehead atoms. The number of nitro benzene ring substituents is 1. The van der Waals surface area contributed by atoms with Gasteiger partial charge in [0.2, 0.25) is 6.29 Å². The normalized spacial score (nSPS) is 31.7. The van der Waals surface area contributed by atoms with Gasteiger partial charge in [0.05, 0.1) is 11.5 Å². The van der Waals surface area contributed by atoms with Gasteiger partial charge in [-0.05, 0) is 12.1 Å². The van der Waals surface area contributed by atoms with E-state index >= 15 is 0 Å². The van der Waals surface area contributed by atoms with Crippen LogP contribution >= 0.6 is 0 Å². The zero-order valence-electron chi connectivity index (χ0n) is 15.6. The first-order chi connectivity index (χ1) is 14.1. The lowest BCUT2D eigenvalue weighted by atomic mass is 9.97. The highest BCUT2D eigenvalue weighted by molar-refractivity contribution is 5.36. The molecule has 0 aliphatic carbocycles. The first-order valence-corrected chi connectivity index (χ1v) is 9.16. The number of aliphatic hydroxyl groups is 1. The highest BCUT2D eigenvalue weighted by atomic mass is 16.8. The smallest absolute Gasteiger partial charge is 0.269 e. The lowest BCUT2D eigenvalue weighted by Crippen LogP contribution is -2.63. The Morgan fingerprint density at radius 2 is 1.83 bits per heavy atom. The number of ether oxygens (including phenoxy) is 5. The van der Waals surface area contributed by atoms with Crippen molar-refractivity contribution in [3.05, 3.63) is 70.3 Å². The van der Waals surface area contributed by atoms with Crippen LogP contribution < -0.4 is 4.74 Å². The van der Waals surface area contributed by atoms with Crippen molar-refractivity contribution in [2.24, 2.45) is 0 Å². The maximum atomic E-state index is 10.8. The number of nitrogens with zero attached hydrogens (tertiary/aromatic N) is 1. The van der Waals surface area contributed by atoms with E-state index in [1.807, 2.05) is 30.3 Å². The van der Waals surface area contributed by atoms with Crippen molar-refractivity contribution in [2.45, 2.75) is 37.0 Å². The predicted molar refractivity (Wildman–Crippen MR) is 99.2 cm³/mol. The average molecular weight is 403 g/mol. The van der Waals surface area contributed by atoms with Gasteiger partial charge >= 0.3 is 0 Å². The van der Waals surface area contributed by atoms with Crippen molar-refractivity contribution in [3.8, 4) is 5.75 Å². The van der Waals surface area contributed by atoms with E-state index in [1.54, 1.807) is 0 Å². The van der Waals surface area contributed by atoms with E-state index in [-0.39, 0.29) is 12.3 Å². The fraction of sp³-hybridized carbons (Fsp3) is 0.400. The third kappa shape index (κ3) is 4.09. The third-order valence-corrected chi connectivity index (χ3v) is 4.95. The lowest BCUT2D eigenvalue weighted by molar-refractivity contribution is -0.384. The average Bonchev–Trinajstić information content (AvgIpc) is 2.75. The lowest BCUT2D eigenvalue weighted by Gasteiger charge is -2.47. The molecule has 0 aromatic heterocycles. The zero-order chi connectivity index (χ0) is 20.4. The summed E-state index contributed by atoms with van der Waals surface area (Å²) in [6.45, 7) is 0.206. The predicted octanol–water partition coefficient (Wildman–Crippen LogP) is 2.19. The van der Waals surface area contributed by atoms with Gasteiger partial charge in [-0.2, -0.15) is 0 Å². The molecule has 2 heterocycles. The Morgan fingerprint density at radius 1 is 1.10 bits per heavy atom. The van der Waals surface area contributed by atoms with E-state index in [0.717, 1.165) is 5.56 Å². The molecule has 154 valence electrons. The second-order valence-electron chi connectivity index (χ2n) is 6.78. The highest BCUT2D eigenvalue weighted by Crippen LogP contribution is 2.35. The molecule has 0 amide bonds. The Kier molecular flexibility index (Phi) is 5.74. The molecular weight excluding hydrogens is 382 g/mol. The maximum absolute atomic E-state index is 10.8. The summed E-state index contributed by atoms with van der Waals surface area (Å²) in [5.74, 6) is 0.355. The minimum atomic E-state index is -1.02. The van der Waals surface area contributed by atoms with Crippen molar-refractivity contribution in [1.29, 1.82) is 0 Å². The van der Waals surface area contributed by atoms with Crippen LogP contribution in [0.3, 0.4) is 0 Å². The van der Waals surface area contributed by atoms with Crippen LogP contribution in [0.25, 0.3) is 0 Å². The van der Waals surface area contributed by atoms with Crippen molar-refractivity contribution in [3.63, 3.8) is 0 Å². The van der Waals surface area contributed by atoms with Crippen LogP contribution in [0.5, 0.6) is 5.75 Å². The molecule has 4 rings (SSSR count). The summed E-state index contributed by atoms with van der Waals surface area (Å²) in [6, 6.07) is 15.0. The Balaban J connectivity index is 1.47. The van der Waals surface area contributed by atoms with Gasteiger partial charge < -0.3 is 28.8 Å². The topological polar surface area (TPSA) is 110 Å². The molecule has 0 radical (unpaired) electrons. The number of hydrogen-bond donors (Lipinski definition) is 1. The van der Waals surface area contributed by atoms with Gasteiger partial charge in [0.15, 0.2) is 6.29 Å². The molecule has 9 heteroatoms. The fourth-order valence-electron chi connectivity index (χ4n) is 3.47. The van der Waals surface area contributed by atoms with Crippen LogP contribution in [0.4, 0.5) is 5.69 Å². The molecule has 9 nitrogen and oxygen atoms in total. The molecule has 1 unspecified atom stereocenters. The van der Waals surface area contributed by atoms with E-state index in [0.29, 0.717) is 5.75 Å². The van der Waals surface area contributed by atoms with Gasteiger partial charge in [0.1, 0.15) is 30.2 Å². The molecular formula is C20H21NO8. The second kappa shape index (κ2) is 8.44. The van der Waals surface area contributed by atoms with Crippen LogP contribution in [0.1, 0.15) is 11.9 Å². The Hall–Kier alpha value is -2.56. The summed E-state index contributed by atoms with van der Waals surface area (Å²) in [5, 5.41) is 21.6. The Morgan fingerprint density at radius 3 is 2.48 bits per heavy atom. The van der Waals surface area contributed by atoms with Crippen LogP contribution in [0.2, 0.25) is 0 Å². The summed E-state index contributed by atoms with van der Waals surface area (Å²) >= 11 is 0. The van der Waals surface area contributed by atoms with Crippen molar-refractivity contribution in [2.75, 3.05) is 13.7 Å². The van der Waals surface area contributed by atoms with Gasteiger partial charge in [0.25, 0.3) is 5.69 Å². The van der Waals surface area contributed by atoms with E-state index < -0.39 is 41.9 Å². The summed E-state index contributed by atoms with van der Waals surface area (Å²) < 4.78 is 28.8. The molecule has 2 fully saturated rings. The van der Waals surface area contributed by atoms with E-state index in [1.165, 1.54) is 31.4 Å². The standard InChI is InChI=1S/C20H21NO8/c1-25-18-16(22)17-15(11-26-19(29-17)12-5-3-2-4-6-12)28-20(18)27-14-9-7-13(8-10-14)21(23)24/h2-10,15-20,22H,11H2,1H3/t15-,16+,17+,18-,19?,20+/m1/s1. The monoisotopic (exact) mass is 403 g/mol. The van der Waals surface area contributed by atoms with Gasteiger partial charge in [0, 0.05) is 24.8 Å². The number of fused-ring (bicyclic) bond motifs is 1. The molecule has 2 aromatic carbocycles. The van der Waals surface area contributed by atoms with Crippen molar-refractivity contribution >= 4 is 5.69 Å². The maximum Gasteiger partial charge on any atom is 0.269 e. The number of rotatable bonds is 5. The van der Waals surface area contributed by atoms with Crippen molar-refractivity contribution < 1.29 is 33.7 Å². The molecule has 6 atom stereocenters. The minimum absolute atomic E-state index is 0.0497. The molecule has 2 aromatic rings. The highest BCUT2D eigenvalue weighted by Gasteiger charge is 2.50. The van der Waals surface area contributed by atoms with Gasteiger partial charge in [-0.15, -0.1) is 0 Å². The van der Waals surface area contributed by atoms with E-state index in [4.69, 9.17) is 23.7 Å². The van der Waals surface area contributed by atoms with Gasteiger partial charge in [-0.25, -0.2) is 0 Å². The number of aliphatic hydroxyl groups excluding tert-OH is 1. The van der Waals surface area contributed by atoms with Crippen LogP contribution in [0.15, 0.2) is 54.6 Å². The molecule has 0 saturated carbocycles. The molecule has 2 saturated heterocycles. The van der Waals surface area contributed by atoms with Gasteiger partial charge in [-0.1, -0.05) is 30.3 Å². The Labute approximate surface area is 166 Å². The fourth-order valence-corrected chi connectivity index (χ4v) is 3.47. The summed E-state index contributed by atoms with van der Waals surface area (Å²) in [7, 11) is 1.44. The number of methoxy groups -OCH3 is 1. The zero-order valence-corrected chi connectivity index (χ0v) is 15.6. The molecule has 1 N–H and O–H groups in total. The largest absolute Gasteiger partial charge is 0.462 e. The number of nitro groups is 1. The summed E-state index contributed by atoms with van der Waals surface area (Å²) in [4.78, 5) is 10.3. The van der Waals surface area contributed by atoms with Crippen LogP contribution in [-0.2, 0) is 18.9 Å². The first kappa shape index (κ1) is 19.7. The number of benzene rings is 2. The minimum Gasteiger partial charge on any atom is -0.462 e. The van der Waals surface area contributed by atoms with E-state index in [2.05, 4.69) is 0 Å².